The molecule has 0 amide bonds. The van der Waals surface area contributed by atoms with Crippen LogP contribution < -0.4 is 14.2 Å². The van der Waals surface area contributed by atoms with Crippen molar-refractivity contribution in [2.75, 3.05) is 28.3 Å². The fourth-order valence-electron chi connectivity index (χ4n) is 3.73. The Kier molecular flexibility index (Phi) is 6.49. The molecule has 4 rings (SSSR count). The van der Waals surface area contributed by atoms with E-state index < -0.39 is 10.0 Å². The minimum Gasteiger partial charge on any atom is -0.493 e. The summed E-state index contributed by atoms with van der Waals surface area (Å²) in [6, 6.07) is 15.7. The smallest absolute Gasteiger partial charge is 0.338 e. The first-order valence-corrected chi connectivity index (χ1v) is 11.9. The Labute approximate surface area is 198 Å². The highest BCUT2D eigenvalue weighted by atomic mass is 32.2. The summed E-state index contributed by atoms with van der Waals surface area (Å²) in [6.45, 7) is 0.318. The average molecular weight is 484 g/mol. The van der Waals surface area contributed by atoms with Gasteiger partial charge in [0.25, 0.3) is 0 Å². The van der Waals surface area contributed by atoms with Crippen LogP contribution in [0.3, 0.4) is 0 Å². The molecule has 0 aromatic heterocycles. The molecule has 1 heterocycles. The van der Waals surface area contributed by atoms with Gasteiger partial charge in [0.1, 0.15) is 13.2 Å². The number of benzene rings is 3. The molecule has 34 heavy (non-hydrogen) atoms. The summed E-state index contributed by atoms with van der Waals surface area (Å²) in [7, 11) is 2.46. The summed E-state index contributed by atoms with van der Waals surface area (Å²) in [5.74, 6) is 1.00. The van der Waals surface area contributed by atoms with Crippen LogP contribution in [0.25, 0.3) is 11.1 Å². The van der Waals surface area contributed by atoms with Crippen LogP contribution in [0.1, 0.15) is 21.5 Å². The van der Waals surface area contributed by atoms with Gasteiger partial charge >= 0.3 is 5.97 Å². The first-order chi connectivity index (χ1) is 16.3. The van der Waals surface area contributed by atoms with E-state index in [1.807, 2.05) is 18.2 Å². The summed E-state index contributed by atoms with van der Waals surface area (Å²) in [5, 5.41) is 0. The molecule has 9 heteroatoms. The number of rotatable bonds is 8. The second-order valence-corrected chi connectivity index (χ2v) is 10.0. The molecule has 3 aromatic carbocycles. The number of fused-ring (bicyclic) bond motifs is 1. The van der Waals surface area contributed by atoms with E-state index in [1.165, 1.54) is 32.6 Å². The van der Waals surface area contributed by atoms with Crippen molar-refractivity contribution in [2.45, 2.75) is 18.1 Å². The molecule has 0 aliphatic carbocycles. The number of hydrogen-bond donors (Lipinski definition) is 0. The fourth-order valence-corrected chi connectivity index (χ4v) is 4.70. The van der Waals surface area contributed by atoms with Gasteiger partial charge < -0.3 is 18.9 Å². The third-order valence-corrected chi connectivity index (χ3v) is 7.37. The normalized spacial score (nSPS) is 12.9. The van der Waals surface area contributed by atoms with Crippen LogP contribution in [-0.2, 0) is 28.0 Å². The van der Waals surface area contributed by atoms with E-state index >= 15 is 0 Å². The van der Waals surface area contributed by atoms with Crippen LogP contribution in [-0.4, -0.2) is 47.0 Å². The third-order valence-electron chi connectivity index (χ3n) is 5.56. The molecule has 0 saturated heterocycles. The first-order valence-electron chi connectivity index (χ1n) is 10.5. The molecule has 1 aliphatic heterocycles. The van der Waals surface area contributed by atoms with Crippen molar-refractivity contribution in [3.63, 3.8) is 0 Å². The third kappa shape index (κ3) is 4.32. The number of nitrogens with zero attached hydrogens (tertiary/aromatic N) is 1. The Balaban J connectivity index is 1.73. The molecule has 0 bridgehead atoms. The minimum absolute atomic E-state index is 0.0971. The van der Waals surface area contributed by atoms with Gasteiger partial charge in [-0.2, -0.15) is 0 Å². The Bertz CT molecular complexity index is 1350. The number of methoxy groups -OCH3 is 2. The zero-order valence-corrected chi connectivity index (χ0v) is 20.1. The molecule has 0 fully saturated rings. The van der Waals surface area contributed by atoms with Crippen LogP contribution in [0, 0.1) is 0 Å². The maximum atomic E-state index is 12.5. The molecule has 0 unspecified atom stereocenters. The highest BCUT2D eigenvalue weighted by molar-refractivity contribution is 7.89. The number of sulfonamides is 1. The van der Waals surface area contributed by atoms with Crippen molar-refractivity contribution in [1.82, 2.24) is 4.31 Å². The lowest BCUT2D eigenvalue weighted by Crippen LogP contribution is -2.22. The molecular weight excluding hydrogens is 458 g/mol. The largest absolute Gasteiger partial charge is 0.493 e. The van der Waals surface area contributed by atoms with Crippen molar-refractivity contribution < 1.29 is 32.2 Å². The van der Waals surface area contributed by atoms with Crippen molar-refractivity contribution >= 4 is 16.0 Å². The van der Waals surface area contributed by atoms with Gasteiger partial charge in [0.05, 0.1) is 24.7 Å². The van der Waals surface area contributed by atoms with Crippen LogP contribution >= 0.6 is 0 Å². The zero-order chi connectivity index (χ0) is 24.5. The maximum absolute atomic E-state index is 12.5. The lowest BCUT2D eigenvalue weighted by Gasteiger charge is -2.18. The van der Waals surface area contributed by atoms with E-state index in [9.17, 15) is 13.2 Å². The van der Waals surface area contributed by atoms with Crippen LogP contribution in [0.4, 0.5) is 0 Å². The molecule has 0 radical (unpaired) electrons. The molecule has 0 saturated carbocycles. The number of ether oxygens (including phenoxy) is 4. The molecule has 8 nitrogen and oxygen atoms in total. The molecule has 1 aliphatic rings. The Morgan fingerprint density at radius 2 is 1.71 bits per heavy atom. The van der Waals surface area contributed by atoms with E-state index in [0.29, 0.717) is 28.4 Å². The van der Waals surface area contributed by atoms with E-state index in [1.54, 1.807) is 36.4 Å². The monoisotopic (exact) mass is 483 g/mol. The van der Waals surface area contributed by atoms with Gasteiger partial charge in [-0.25, -0.2) is 17.5 Å². The number of carbonyl (C=O) groups excluding carboxylic acids is 1. The lowest BCUT2D eigenvalue weighted by atomic mass is 9.99. The van der Waals surface area contributed by atoms with E-state index in [4.69, 9.17) is 18.9 Å². The zero-order valence-electron chi connectivity index (χ0n) is 19.3. The SMILES string of the molecule is COc1ccc(-c2ccc3c(c2)COC3=O)c(OCc2cccc(S(=O)(=O)N(C)C)c2)c1OC. The van der Waals surface area contributed by atoms with Gasteiger partial charge in [-0.05, 0) is 47.5 Å². The van der Waals surface area contributed by atoms with E-state index in [-0.39, 0.29) is 24.1 Å². The van der Waals surface area contributed by atoms with Crippen molar-refractivity contribution in [3.05, 3.63) is 71.3 Å². The second-order valence-electron chi connectivity index (χ2n) is 7.85. The molecular formula is C25H25NO7S. The van der Waals surface area contributed by atoms with Gasteiger partial charge in [-0.15, -0.1) is 0 Å². The van der Waals surface area contributed by atoms with E-state index in [0.717, 1.165) is 16.7 Å². The Hall–Kier alpha value is -3.56. The van der Waals surface area contributed by atoms with Crippen LogP contribution in [0.5, 0.6) is 17.2 Å². The number of cyclic esters (lactones) is 1. The van der Waals surface area contributed by atoms with Crippen molar-refractivity contribution in [1.29, 1.82) is 0 Å². The van der Waals surface area contributed by atoms with Crippen molar-refractivity contribution in [2.24, 2.45) is 0 Å². The van der Waals surface area contributed by atoms with Gasteiger partial charge in [-0.3, -0.25) is 0 Å². The predicted molar refractivity (Wildman–Crippen MR) is 126 cm³/mol. The minimum atomic E-state index is -3.57. The summed E-state index contributed by atoms with van der Waals surface area (Å²) < 4.78 is 48.6. The number of hydrogen-bond acceptors (Lipinski definition) is 7. The highest BCUT2D eigenvalue weighted by Gasteiger charge is 2.24. The van der Waals surface area contributed by atoms with Gasteiger partial charge in [0.15, 0.2) is 11.5 Å². The maximum Gasteiger partial charge on any atom is 0.338 e. The molecule has 0 N–H and O–H groups in total. The summed E-state index contributed by atoms with van der Waals surface area (Å²) >= 11 is 0. The lowest BCUT2D eigenvalue weighted by molar-refractivity contribution is 0.0535. The van der Waals surface area contributed by atoms with E-state index in [2.05, 4.69) is 0 Å². The second kappa shape index (κ2) is 9.36. The standard InChI is InChI=1S/C25H25NO7S/c1-26(2)34(28,29)19-7-5-6-16(12-19)14-32-23-20(10-11-22(30-3)24(23)31-4)17-8-9-21-18(13-17)15-33-25(21)27/h5-13H,14-15H2,1-4H3. The van der Waals surface area contributed by atoms with Gasteiger partial charge in [0, 0.05) is 25.2 Å². The predicted octanol–water partition coefficient (Wildman–Crippen LogP) is 3.87. The number of carbonyl (C=O) groups is 1. The quantitative estimate of drug-likeness (QED) is 0.449. The summed E-state index contributed by atoms with van der Waals surface area (Å²) in [4.78, 5) is 12.0. The summed E-state index contributed by atoms with van der Waals surface area (Å²) in [6.07, 6.45) is 0. The fraction of sp³-hybridized carbons (Fsp3) is 0.240. The van der Waals surface area contributed by atoms with Crippen LogP contribution in [0.2, 0.25) is 0 Å². The topological polar surface area (TPSA) is 91.4 Å². The molecule has 3 aromatic rings. The molecule has 178 valence electrons. The van der Waals surface area contributed by atoms with Gasteiger partial charge in [0.2, 0.25) is 15.8 Å². The van der Waals surface area contributed by atoms with Crippen molar-refractivity contribution in [3.8, 4) is 28.4 Å². The summed E-state index contributed by atoms with van der Waals surface area (Å²) in [5.41, 5.74) is 3.57. The highest BCUT2D eigenvalue weighted by Crippen LogP contribution is 2.45. The van der Waals surface area contributed by atoms with Gasteiger partial charge in [-0.1, -0.05) is 18.2 Å². The van der Waals surface area contributed by atoms with Crippen LogP contribution in [0.15, 0.2) is 59.5 Å². The molecule has 0 atom stereocenters. The molecule has 0 spiro atoms. The Morgan fingerprint density at radius 3 is 2.41 bits per heavy atom. The first kappa shape index (κ1) is 23.6. The average Bonchev–Trinajstić information content (AvgIpc) is 3.21. The number of esters is 1. The Morgan fingerprint density at radius 1 is 0.941 bits per heavy atom.